The van der Waals surface area contributed by atoms with Gasteiger partial charge in [-0.3, -0.25) is 4.90 Å². The number of hydrogen-bond donors (Lipinski definition) is 2. The second kappa shape index (κ2) is 3.20. The van der Waals surface area contributed by atoms with Crippen LogP contribution in [-0.2, 0) is 0 Å². The summed E-state index contributed by atoms with van der Waals surface area (Å²) in [6, 6.07) is 0. The Balaban J connectivity index is 2.23. The lowest BCUT2D eigenvalue weighted by Gasteiger charge is -2.37. The molecule has 0 aromatic heterocycles. The third kappa shape index (κ3) is 2.33. The van der Waals surface area contributed by atoms with E-state index in [2.05, 4.69) is 0 Å². The molecule has 1 saturated heterocycles. The summed E-state index contributed by atoms with van der Waals surface area (Å²) < 4.78 is 35.2. The SMILES string of the molecule is OC1CN(CC(O)C(F)(F)F)C1. The summed E-state index contributed by atoms with van der Waals surface area (Å²) in [7, 11) is 0. The zero-order valence-corrected chi connectivity index (χ0v) is 6.25. The molecule has 1 unspecified atom stereocenters. The average Bonchev–Trinajstić information content (AvgIpc) is 1.82. The quantitative estimate of drug-likeness (QED) is 0.614. The number of aliphatic hydroxyl groups is 2. The largest absolute Gasteiger partial charge is 0.415 e. The second-order valence-electron chi connectivity index (χ2n) is 2.93. The molecule has 0 spiro atoms. The summed E-state index contributed by atoms with van der Waals surface area (Å²) >= 11 is 0. The molecule has 0 saturated carbocycles. The van der Waals surface area contributed by atoms with Gasteiger partial charge >= 0.3 is 6.18 Å². The maximum absolute atomic E-state index is 11.7. The first kappa shape index (κ1) is 9.76. The van der Waals surface area contributed by atoms with E-state index in [0.717, 1.165) is 0 Å². The number of hydrogen-bond acceptors (Lipinski definition) is 3. The average molecular weight is 185 g/mol. The Kier molecular flexibility index (Phi) is 2.60. The van der Waals surface area contributed by atoms with Crippen molar-refractivity contribution < 1.29 is 23.4 Å². The van der Waals surface area contributed by atoms with E-state index in [4.69, 9.17) is 10.2 Å². The van der Waals surface area contributed by atoms with E-state index in [0.29, 0.717) is 0 Å². The molecule has 0 aromatic rings. The van der Waals surface area contributed by atoms with Gasteiger partial charge < -0.3 is 10.2 Å². The van der Waals surface area contributed by atoms with Crippen LogP contribution in [0.5, 0.6) is 0 Å². The molecule has 72 valence electrons. The molecule has 3 nitrogen and oxygen atoms in total. The number of halogens is 3. The summed E-state index contributed by atoms with van der Waals surface area (Å²) in [5.74, 6) is 0. The number of alkyl halides is 3. The van der Waals surface area contributed by atoms with Gasteiger partial charge in [0.1, 0.15) is 0 Å². The minimum absolute atomic E-state index is 0.215. The predicted molar refractivity (Wildman–Crippen MR) is 34.5 cm³/mol. The summed E-state index contributed by atoms with van der Waals surface area (Å²) in [6.45, 7) is -0.0131. The van der Waals surface area contributed by atoms with Gasteiger partial charge in [0.05, 0.1) is 6.10 Å². The molecule has 0 aromatic carbocycles. The van der Waals surface area contributed by atoms with Crippen molar-refractivity contribution in [3.05, 3.63) is 0 Å². The fourth-order valence-corrected chi connectivity index (χ4v) is 1.04. The molecule has 1 aliphatic rings. The van der Waals surface area contributed by atoms with Crippen LogP contribution in [0.3, 0.4) is 0 Å². The number of aliphatic hydroxyl groups excluding tert-OH is 2. The lowest BCUT2D eigenvalue weighted by atomic mass is 10.1. The molecule has 1 fully saturated rings. The minimum Gasteiger partial charge on any atom is -0.390 e. The lowest BCUT2D eigenvalue weighted by molar-refractivity contribution is -0.213. The maximum Gasteiger partial charge on any atom is 0.415 e. The highest BCUT2D eigenvalue weighted by Gasteiger charge is 2.40. The van der Waals surface area contributed by atoms with Gasteiger partial charge in [0.2, 0.25) is 0 Å². The van der Waals surface area contributed by atoms with E-state index in [1.807, 2.05) is 0 Å². The van der Waals surface area contributed by atoms with Crippen molar-refractivity contribution in [2.45, 2.75) is 18.4 Å². The van der Waals surface area contributed by atoms with Gasteiger partial charge in [-0.05, 0) is 0 Å². The van der Waals surface area contributed by atoms with Crippen molar-refractivity contribution in [1.82, 2.24) is 4.90 Å². The smallest absolute Gasteiger partial charge is 0.390 e. The van der Waals surface area contributed by atoms with Crippen LogP contribution < -0.4 is 0 Å². The highest BCUT2D eigenvalue weighted by atomic mass is 19.4. The van der Waals surface area contributed by atoms with Crippen molar-refractivity contribution in [2.75, 3.05) is 19.6 Å². The van der Waals surface area contributed by atoms with Crippen LogP contribution in [0.25, 0.3) is 0 Å². The van der Waals surface area contributed by atoms with Crippen LogP contribution in [0, 0.1) is 0 Å². The Bertz CT molecular complexity index is 155. The van der Waals surface area contributed by atoms with Crippen molar-refractivity contribution in [3.8, 4) is 0 Å². The first-order chi connectivity index (χ1) is 5.39. The van der Waals surface area contributed by atoms with E-state index < -0.39 is 24.9 Å². The zero-order chi connectivity index (χ0) is 9.35. The van der Waals surface area contributed by atoms with Crippen LogP contribution in [0.15, 0.2) is 0 Å². The van der Waals surface area contributed by atoms with E-state index in [9.17, 15) is 13.2 Å². The minimum atomic E-state index is -4.56. The van der Waals surface area contributed by atoms with Gasteiger partial charge in [-0.1, -0.05) is 0 Å². The first-order valence-electron chi connectivity index (χ1n) is 3.55. The van der Waals surface area contributed by atoms with Crippen molar-refractivity contribution >= 4 is 0 Å². The van der Waals surface area contributed by atoms with Crippen molar-refractivity contribution in [3.63, 3.8) is 0 Å². The molecule has 1 heterocycles. The van der Waals surface area contributed by atoms with E-state index in [-0.39, 0.29) is 13.1 Å². The molecule has 0 aliphatic carbocycles. The van der Waals surface area contributed by atoms with Crippen LogP contribution in [0.1, 0.15) is 0 Å². The number of rotatable bonds is 2. The van der Waals surface area contributed by atoms with Crippen LogP contribution in [0.4, 0.5) is 13.2 Å². The van der Waals surface area contributed by atoms with Gasteiger partial charge in [-0.2, -0.15) is 13.2 Å². The molecule has 1 aliphatic heterocycles. The molecule has 2 N–H and O–H groups in total. The Hall–Kier alpha value is -0.330. The number of likely N-dealkylation sites (tertiary alicyclic amines) is 1. The normalized spacial score (nSPS) is 23.8. The highest BCUT2D eigenvalue weighted by Crippen LogP contribution is 2.22. The molecule has 12 heavy (non-hydrogen) atoms. The summed E-state index contributed by atoms with van der Waals surface area (Å²) in [4.78, 5) is 1.35. The fourth-order valence-electron chi connectivity index (χ4n) is 1.04. The zero-order valence-electron chi connectivity index (χ0n) is 6.25. The van der Waals surface area contributed by atoms with Crippen molar-refractivity contribution in [1.29, 1.82) is 0 Å². The second-order valence-corrected chi connectivity index (χ2v) is 2.93. The molecule has 0 bridgehead atoms. The van der Waals surface area contributed by atoms with Crippen molar-refractivity contribution in [2.24, 2.45) is 0 Å². The van der Waals surface area contributed by atoms with Gasteiger partial charge in [0, 0.05) is 19.6 Å². The molecule has 0 radical (unpaired) electrons. The van der Waals surface area contributed by atoms with E-state index in [1.165, 1.54) is 4.90 Å². The maximum atomic E-state index is 11.7. The summed E-state index contributed by atoms with van der Waals surface area (Å²) in [5.41, 5.74) is 0. The molecular formula is C6H10F3NO2. The Morgan fingerprint density at radius 3 is 2.25 bits per heavy atom. The fraction of sp³-hybridized carbons (Fsp3) is 1.00. The number of nitrogens with zero attached hydrogens (tertiary/aromatic N) is 1. The number of β-amino-alcohol motifs (C(OH)–C–C–N with tert-alkyl or cyclic N) is 2. The molecule has 6 heteroatoms. The van der Waals surface area contributed by atoms with Crippen LogP contribution >= 0.6 is 0 Å². The Morgan fingerprint density at radius 2 is 1.92 bits per heavy atom. The van der Waals surface area contributed by atoms with E-state index >= 15 is 0 Å². The monoisotopic (exact) mass is 185 g/mol. The standard InChI is InChI=1S/C6H10F3NO2/c7-6(8,9)5(12)3-10-1-4(11)2-10/h4-5,11-12H,1-3H2. The van der Waals surface area contributed by atoms with Gasteiger partial charge in [0.25, 0.3) is 0 Å². The van der Waals surface area contributed by atoms with Crippen LogP contribution in [-0.4, -0.2) is 53.1 Å². The first-order valence-corrected chi connectivity index (χ1v) is 3.55. The van der Waals surface area contributed by atoms with Gasteiger partial charge in [0.15, 0.2) is 6.10 Å². The van der Waals surface area contributed by atoms with Gasteiger partial charge in [-0.15, -0.1) is 0 Å². The molecular weight excluding hydrogens is 175 g/mol. The molecule has 1 rings (SSSR count). The molecule has 0 amide bonds. The van der Waals surface area contributed by atoms with Gasteiger partial charge in [-0.25, -0.2) is 0 Å². The lowest BCUT2D eigenvalue weighted by Crippen LogP contribution is -2.55. The Labute approximate surface area is 67.4 Å². The predicted octanol–water partition coefficient (Wildman–Crippen LogP) is -0.414. The third-order valence-electron chi connectivity index (χ3n) is 1.75. The Morgan fingerprint density at radius 1 is 1.42 bits per heavy atom. The topological polar surface area (TPSA) is 43.7 Å². The van der Waals surface area contributed by atoms with E-state index in [1.54, 1.807) is 0 Å². The third-order valence-corrected chi connectivity index (χ3v) is 1.75. The summed E-state index contributed by atoms with van der Waals surface area (Å²) in [6.07, 6.45) is -7.39. The van der Waals surface area contributed by atoms with Crippen LogP contribution in [0.2, 0.25) is 0 Å². The highest BCUT2D eigenvalue weighted by molar-refractivity contribution is 4.82. The molecule has 1 atom stereocenters. The summed E-state index contributed by atoms with van der Waals surface area (Å²) in [5, 5.41) is 17.3.